The van der Waals surface area contributed by atoms with Crippen molar-refractivity contribution in [3.8, 4) is 0 Å². The minimum Gasteiger partial charge on any atom is -0.275 e. The van der Waals surface area contributed by atoms with E-state index >= 15 is 0 Å². The van der Waals surface area contributed by atoms with E-state index < -0.39 is 0 Å². The fourth-order valence-corrected chi connectivity index (χ4v) is 3.58. The molecule has 0 aliphatic carbocycles. The number of rotatable bonds is 5. The Morgan fingerprint density at radius 1 is 1.11 bits per heavy atom. The average molecular weight is 446 g/mol. The largest absolute Gasteiger partial charge is 0.275 e. The number of hydrazone groups is 1. The zero-order valence-electron chi connectivity index (χ0n) is 14.0. The summed E-state index contributed by atoms with van der Waals surface area (Å²) in [6.45, 7) is 2.23. The van der Waals surface area contributed by atoms with Gasteiger partial charge in [0.25, 0.3) is 0 Å². The molecule has 0 saturated heterocycles. The number of hydrogen-bond acceptors (Lipinski definition) is 3. The fraction of sp³-hybridized carbons (Fsp3) is 0.111. The Morgan fingerprint density at radius 2 is 1.74 bits per heavy atom. The molecule has 4 nitrogen and oxygen atoms in total. The summed E-state index contributed by atoms with van der Waals surface area (Å²) in [4.78, 5) is 0. The third-order valence-corrected chi connectivity index (χ3v) is 4.94. The Morgan fingerprint density at radius 3 is 2.37 bits per heavy atom. The van der Waals surface area contributed by atoms with Crippen LogP contribution in [0.5, 0.6) is 0 Å². The molecule has 9 heteroatoms. The number of nitrogens with zero attached hydrogens (tertiary/aromatic N) is 3. The van der Waals surface area contributed by atoms with Crippen LogP contribution in [0.25, 0.3) is 0 Å². The van der Waals surface area contributed by atoms with E-state index in [1.54, 1.807) is 28.9 Å². The van der Waals surface area contributed by atoms with Gasteiger partial charge in [0.1, 0.15) is 11.0 Å². The van der Waals surface area contributed by atoms with E-state index in [4.69, 9.17) is 46.4 Å². The molecule has 1 aromatic heterocycles. The Bertz CT molecular complexity index is 976. The van der Waals surface area contributed by atoms with Crippen LogP contribution >= 0.6 is 46.4 Å². The van der Waals surface area contributed by atoms with Crippen LogP contribution in [0.2, 0.25) is 20.2 Å². The van der Waals surface area contributed by atoms with E-state index in [1.807, 2.05) is 6.92 Å². The minimum absolute atomic E-state index is 0.292. The van der Waals surface area contributed by atoms with Gasteiger partial charge in [-0.3, -0.25) is 5.43 Å². The van der Waals surface area contributed by atoms with E-state index in [9.17, 15) is 4.39 Å². The molecule has 0 bridgehead atoms. The molecule has 0 spiro atoms. The van der Waals surface area contributed by atoms with Crippen molar-refractivity contribution in [2.75, 3.05) is 5.43 Å². The third-order valence-electron chi connectivity index (χ3n) is 3.73. The summed E-state index contributed by atoms with van der Waals surface area (Å²) in [5, 5.41) is 10.1. The summed E-state index contributed by atoms with van der Waals surface area (Å²) in [6, 6.07) is 9.28. The van der Waals surface area contributed by atoms with Gasteiger partial charge in [-0.25, -0.2) is 9.07 Å². The van der Waals surface area contributed by atoms with Gasteiger partial charge in [-0.05, 0) is 36.8 Å². The van der Waals surface area contributed by atoms with Gasteiger partial charge in [0.15, 0.2) is 0 Å². The number of aromatic nitrogens is 2. The van der Waals surface area contributed by atoms with E-state index in [-0.39, 0.29) is 5.82 Å². The highest BCUT2D eigenvalue weighted by Gasteiger charge is 2.13. The second kappa shape index (κ2) is 8.48. The van der Waals surface area contributed by atoms with Crippen LogP contribution in [0.3, 0.4) is 0 Å². The van der Waals surface area contributed by atoms with Crippen LogP contribution in [0, 0.1) is 12.7 Å². The van der Waals surface area contributed by atoms with Gasteiger partial charge in [0, 0.05) is 5.02 Å². The van der Waals surface area contributed by atoms with Crippen LogP contribution in [-0.2, 0) is 6.54 Å². The Kier molecular flexibility index (Phi) is 6.27. The van der Waals surface area contributed by atoms with Crippen molar-refractivity contribution in [1.82, 2.24) is 9.78 Å². The summed E-state index contributed by atoms with van der Waals surface area (Å²) >= 11 is 24.5. The first-order valence-corrected chi connectivity index (χ1v) is 9.27. The number of halogens is 5. The van der Waals surface area contributed by atoms with Crippen LogP contribution < -0.4 is 5.43 Å². The first-order chi connectivity index (χ1) is 12.8. The number of anilines is 1. The highest BCUT2D eigenvalue weighted by Crippen LogP contribution is 2.33. The molecule has 27 heavy (non-hydrogen) atoms. The maximum Gasteiger partial charge on any atom is 0.136 e. The van der Waals surface area contributed by atoms with Crippen LogP contribution in [0.15, 0.2) is 41.5 Å². The smallest absolute Gasteiger partial charge is 0.136 e. The first-order valence-electron chi connectivity index (χ1n) is 7.76. The summed E-state index contributed by atoms with van der Waals surface area (Å²) in [5.74, 6) is -0.292. The zero-order chi connectivity index (χ0) is 19.6. The highest BCUT2D eigenvalue weighted by molar-refractivity contribution is 6.41. The van der Waals surface area contributed by atoms with Crippen molar-refractivity contribution < 1.29 is 4.39 Å². The van der Waals surface area contributed by atoms with Crippen molar-refractivity contribution in [2.24, 2.45) is 5.10 Å². The number of benzene rings is 2. The van der Waals surface area contributed by atoms with Gasteiger partial charge in [0.05, 0.1) is 39.7 Å². The van der Waals surface area contributed by atoms with E-state index in [0.717, 1.165) is 5.56 Å². The second-order valence-corrected chi connectivity index (χ2v) is 7.30. The van der Waals surface area contributed by atoms with Crippen LogP contribution in [0.1, 0.15) is 16.8 Å². The van der Waals surface area contributed by atoms with Crippen molar-refractivity contribution in [3.63, 3.8) is 0 Å². The molecule has 0 fully saturated rings. The predicted octanol–water partition coefficient (Wildman–Crippen LogP) is 6.44. The summed E-state index contributed by atoms with van der Waals surface area (Å²) < 4.78 is 14.7. The lowest BCUT2D eigenvalue weighted by Gasteiger charge is -2.06. The van der Waals surface area contributed by atoms with E-state index in [2.05, 4.69) is 15.6 Å². The molecule has 0 unspecified atom stereocenters. The van der Waals surface area contributed by atoms with Crippen molar-refractivity contribution in [2.45, 2.75) is 13.5 Å². The SMILES string of the molecule is Cc1nn(Cc2ccc(F)cc2)c(Cl)c1C=NNc1c(Cl)cc(Cl)cc1Cl. The standard InChI is InChI=1S/C18H13Cl4FN4/c1-10-14(8-24-25-17-15(20)6-12(19)7-16(17)21)18(22)27(26-10)9-11-2-4-13(23)5-3-11/h2-8,25H,9H2,1H3. The monoisotopic (exact) mass is 444 g/mol. The Balaban J connectivity index is 1.78. The number of nitrogens with one attached hydrogen (secondary N) is 1. The number of hydrogen-bond donors (Lipinski definition) is 1. The molecular formula is C18H13Cl4FN4. The van der Waals surface area contributed by atoms with Gasteiger partial charge in [-0.1, -0.05) is 58.5 Å². The molecule has 0 amide bonds. The van der Waals surface area contributed by atoms with Crippen molar-refractivity contribution in [1.29, 1.82) is 0 Å². The normalized spacial score (nSPS) is 11.3. The molecule has 3 rings (SSSR count). The molecular weight excluding hydrogens is 433 g/mol. The molecule has 0 saturated carbocycles. The fourth-order valence-electron chi connectivity index (χ4n) is 2.39. The van der Waals surface area contributed by atoms with Gasteiger partial charge in [0.2, 0.25) is 0 Å². The maximum absolute atomic E-state index is 13.0. The summed E-state index contributed by atoms with van der Waals surface area (Å²) in [7, 11) is 0. The van der Waals surface area contributed by atoms with E-state index in [0.29, 0.717) is 43.7 Å². The zero-order valence-corrected chi connectivity index (χ0v) is 17.0. The lowest BCUT2D eigenvalue weighted by Crippen LogP contribution is -2.02. The molecule has 140 valence electrons. The van der Waals surface area contributed by atoms with Crippen LogP contribution in [-0.4, -0.2) is 16.0 Å². The quantitative estimate of drug-likeness (QED) is 0.362. The molecule has 1 N–H and O–H groups in total. The summed E-state index contributed by atoms with van der Waals surface area (Å²) in [5.41, 5.74) is 5.44. The molecule has 1 heterocycles. The predicted molar refractivity (Wildman–Crippen MR) is 110 cm³/mol. The minimum atomic E-state index is -0.292. The lowest BCUT2D eigenvalue weighted by atomic mass is 10.2. The Labute approximate surface area is 175 Å². The Hall–Kier alpha value is -1.79. The third kappa shape index (κ3) is 4.74. The topological polar surface area (TPSA) is 42.2 Å². The van der Waals surface area contributed by atoms with Gasteiger partial charge < -0.3 is 0 Å². The highest BCUT2D eigenvalue weighted by atomic mass is 35.5. The molecule has 0 radical (unpaired) electrons. The molecule has 3 aromatic rings. The van der Waals surface area contributed by atoms with Gasteiger partial charge >= 0.3 is 0 Å². The van der Waals surface area contributed by atoms with Gasteiger partial charge in [-0.15, -0.1) is 0 Å². The average Bonchev–Trinajstić information content (AvgIpc) is 2.86. The molecule has 0 atom stereocenters. The first kappa shape index (κ1) is 20.0. The van der Waals surface area contributed by atoms with Gasteiger partial charge in [-0.2, -0.15) is 10.2 Å². The lowest BCUT2D eigenvalue weighted by molar-refractivity contribution is 0.624. The number of aryl methyl sites for hydroxylation is 1. The molecule has 0 aliphatic heterocycles. The van der Waals surface area contributed by atoms with Crippen LogP contribution in [0.4, 0.5) is 10.1 Å². The molecule has 2 aromatic carbocycles. The maximum atomic E-state index is 13.0. The summed E-state index contributed by atoms with van der Waals surface area (Å²) in [6.07, 6.45) is 1.53. The second-order valence-electron chi connectivity index (χ2n) is 5.69. The van der Waals surface area contributed by atoms with Crippen molar-refractivity contribution in [3.05, 3.63) is 79.3 Å². The van der Waals surface area contributed by atoms with Crippen molar-refractivity contribution >= 4 is 58.3 Å². The van der Waals surface area contributed by atoms with E-state index in [1.165, 1.54) is 18.3 Å². The molecule has 0 aliphatic rings.